The molecular formula is C23H21N3O4S2. The monoisotopic (exact) mass is 467 g/mol. The Morgan fingerprint density at radius 1 is 1.12 bits per heavy atom. The molecule has 32 heavy (non-hydrogen) atoms. The lowest BCUT2D eigenvalue weighted by atomic mass is 10.2. The van der Waals surface area contributed by atoms with Gasteiger partial charge in [-0.25, -0.2) is 9.78 Å². The number of ether oxygens (including phenoxy) is 2. The molecule has 2 heterocycles. The number of benzene rings is 2. The number of aromatic nitrogens is 3. The molecule has 0 unspecified atom stereocenters. The van der Waals surface area contributed by atoms with E-state index in [0.29, 0.717) is 29.5 Å². The number of thioether (sulfide) groups is 1. The van der Waals surface area contributed by atoms with Crippen LogP contribution in [0.4, 0.5) is 0 Å². The van der Waals surface area contributed by atoms with E-state index in [1.807, 2.05) is 61.7 Å². The second-order valence-corrected chi connectivity index (χ2v) is 8.74. The third-order valence-electron chi connectivity index (χ3n) is 4.37. The average molecular weight is 468 g/mol. The summed E-state index contributed by atoms with van der Waals surface area (Å²) < 4.78 is 16.3. The zero-order chi connectivity index (χ0) is 22.3. The molecule has 2 aromatic carbocycles. The molecular weight excluding hydrogens is 446 g/mol. The number of esters is 1. The van der Waals surface area contributed by atoms with E-state index < -0.39 is 5.97 Å². The fraction of sp³-hybridized carbons (Fsp3) is 0.217. The second kappa shape index (κ2) is 10.4. The lowest BCUT2D eigenvalue weighted by molar-refractivity contribution is 0.0425. The molecule has 0 aliphatic heterocycles. The molecule has 9 heteroatoms. The van der Waals surface area contributed by atoms with Crippen LogP contribution in [0.2, 0.25) is 0 Å². The molecule has 2 aromatic heterocycles. The lowest BCUT2D eigenvalue weighted by Gasteiger charge is -2.07. The van der Waals surface area contributed by atoms with Gasteiger partial charge in [-0.2, -0.15) is 4.98 Å². The summed E-state index contributed by atoms with van der Waals surface area (Å²) in [6, 6.07) is 14.8. The van der Waals surface area contributed by atoms with Gasteiger partial charge in [-0.15, -0.1) is 23.1 Å². The molecule has 0 fully saturated rings. The van der Waals surface area contributed by atoms with Gasteiger partial charge >= 0.3 is 5.97 Å². The zero-order valence-electron chi connectivity index (χ0n) is 17.6. The van der Waals surface area contributed by atoms with Crippen molar-refractivity contribution in [3.05, 3.63) is 76.1 Å². The Morgan fingerprint density at radius 2 is 1.94 bits per heavy atom. The van der Waals surface area contributed by atoms with Gasteiger partial charge in [-0.3, -0.25) is 0 Å². The maximum Gasteiger partial charge on any atom is 0.339 e. The van der Waals surface area contributed by atoms with Gasteiger partial charge in [0, 0.05) is 16.0 Å². The Balaban J connectivity index is 1.41. The van der Waals surface area contributed by atoms with Crippen LogP contribution in [0.25, 0.3) is 11.4 Å². The molecule has 7 nitrogen and oxygen atoms in total. The normalized spacial score (nSPS) is 10.8. The first kappa shape index (κ1) is 22.0. The molecule has 0 aliphatic rings. The van der Waals surface area contributed by atoms with Gasteiger partial charge in [-0.1, -0.05) is 29.4 Å². The molecule has 0 saturated heterocycles. The van der Waals surface area contributed by atoms with Gasteiger partial charge < -0.3 is 14.0 Å². The van der Waals surface area contributed by atoms with Crippen molar-refractivity contribution in [3.63, 3.8) is 0 Å². The highest BCUT2D eigenvalue weighted by molar-refractivity contribution is 7.98. The number of para-hydroxylation sites is 1. The maximum absolute atomic E-state index is 12.7. The van der Waals surface area contributed by atoms with Crippen molar-refractivity contribution in [1.29, 1.82) is 0 Å². The van der Waals surface area contributed by atoms with Crippen molar-refractivity contribution in [2.45, 2.75) is 31.1 Å². The van der Waals surface area contributed by atoms with E-state index in [-0.39, 0.29) is 12.5 Å². The number of nitrogens with zero attached hydrogens (tertiary/aromatic N) is 3. The summed E-state index contributed by atoms with van der Waals surface area (Å²) in [7, 11) is 0. The van der Waals surface area contributed by atoms with Crippen LogP contribution < -0.4 is 4.74 Å². The number of carbonyl (C=O) groups excluding carboxylic acids is 1. The van der Waals surface area contributed by atoms with Crippen molar-refractivity contribution in [2.75, 3.05) is 6.61 Å². The number of hydrogen-bond donors (Lipinski definition) is 0. The van der Waals surface area contributed by atoms with Crippen LogP contribution in [0.5, 0.6) is 5.75 Å². The smallest absolute Gasteiger partial charge is 0.339 e. The largest absolute Gasteiger partial charge is 0.493 e. The summed E-state index contributed by atoms with van der Waals surface area (Å²) in [6.45, 7) is 4.29. The molecule has 0 bridgehead atoms. The van der Waals surface area contributed by atoms with Crippen LogP contribution in [-0.2, 0) is 17.1 Å². The minimum Gasteiger partial charge on any atom is -0.493 e. The van der Waals surface area contributed by atoms with Crippen molar-refractivity contribution in [1.82, 2.24) is 15.1 Å². The SMILES string of the molecule is CCOc1ccccc1-c1noc(COC(=O)c2ccccc2SCc2csc(C)n2)n1. The fourth-order valence-corrected chi connectivity index (χ4v) is 4.60. The predicted molar refractivity (Wildman–Crippen MR) is 123 cm³/mol. The van der Waals surface area contributed by atoms with Gasteiger partial charge in [0.1, 0.15) is 5.75 Å². The molecule has 0 spiro atoms. The standard InChI is InChI=1S/C23H21N3O4S2/c1-3-28-19-10-6-4-8-17(19)22-25-21(30-26-22)12-29-23(27)18-9-5-7-11-20(18)32-14-16-13-31-15(2)24-16/h4-11,13H,3,12,14H2,1-2H3. The Morgan fingerprint density at radius 3 is 2.75 bits per heavy atom. The van der Waals surface area contributed by atoms with Crippen LogP contribution >= 0.6 is 23.1 Å². The van der Waals surface area contributed by atoms with Crippen molar-refractivity contribution >= 4 is 29.1 Å². The molecule has 164 valence electrons. The van der Waals surface area contributed by atoms with Crippen LogP contribution in [0.3, 0.4) is 0 Å². The van der Waals surface area contributed by atoms with Gasteiger partial charge in [0.2, 0.25) is 5.82 Å². The van der Waals surface area contributed by atoms with Crippen LogP contribution in [0.15, 0.2) is 63.3 Å². The zero-order valence-corrected chi connectivity index (χ0v) is 19.2. The van der Waals surface area contributed by atoms with Crippen LogP contribution in [0, 0.1) is 6.92 Å². The highest BCUT2D eigenvalue weighted by Gasteiger charge is 2.17. The van der Waals surface area contributed by atoms with Gasteiger partial charge in [0.15, 0.2) is 6.61 Å². The van der Waals surface area contributed by atoms with E-state index in [0.717, 1.165) is 21.2 Å². The summed E-state index contributed by atoms with van der Waals surface area (Å²) in [5.74, 6) is 1.50. The third kappa shape index (κ3) is 5.35. The first-order chi connectivity index (χ1) is 15.6. The number of rotatable bonds is 9. The van der Waals surface area contributed by atoms with E-state index in [9.17, 15) is 4.79 Å². The van der Waals surface area contributed by atoms with Crippen molar-refractivity contribution < 1.29 is 18.8 Å². The first-order valence-electron chi connectivity index (χ1n) is 9.98. The molecule has 0 radical (unpaired) electrons. The number of carbonyl (C=O) groups is 1. The van der Waals surface area contributed by atoms with E-state index in [1.54, 1.807) is 29.2 Å². The Kier molecular flexibility index (Phi) is 7.18. The van der Waals surface area contributed by atoms with E-state index >= 15 is 0 Å². The Bertz CT molecular complexity index is 1210. The molecule has 0 atom stereocenters. The molecule has 0 amide bonds. The van der Waals surface area contributed by atoms with E-state index in [2.05, 4.69) is 15.1 Å². The fourth-order valence-electron chi connectivity index (χ4n) is 2.95. The maximum atomic E-state index is 12.7. The Labute approximate surface area is 193 Å². The molecule has 4 rings (SSSR count). The summed E-state index contributed by atoms with van der Waals surface area (Å²) in [4.78, 5) is 22.4. The van der Waals surface area contributed by atoms with Crippen LogP contribution in [0.1, 0.15) is 33.9 Å². The predicted octanol–water partition coefficient (Wildman–Crippen LogP) is 5.55. The Hall–Kier alpha value is -3.17. The summed E-state index contributed by atoms with van der Waals surface area (Å²) in [5.41, 5.74) is 2.20. The minimum atomic E-state index is -0.447. The number of hydrogen-bond acceptors (Lipinski definition) is 9. The van der Waals surface area contributed by atoms with Crippen molar-refractivity contribution in [2.24, 2.45) is 0 Å². The summed E-state index contributed by atoms with van der Waals surface area (Å²) >= 11 is 3.16. The van der Waals surface area contributed by atoms with Crippen LogP contribution in [-0.4, -0.2) is 27.7 Å². The van der Waals surface area contributed by atoms with Gasteiger partial charge in [0.25, 0.3) is 5.89 Å². The topological polar surface area (TPSA) is 87.3 Å². The average Bonchev–Trinajstić information content (AvgIpc) is 3.46. The summed E-state index contributed by atoms with van der Waals surface area (Å²) in [6.07, 6.45) is 0. The highest BCUT2D eigenvalue weighted by Crippen LogP contribution is 2.29. The van der Waals surface area contributed by atoms with E-state index in [4.69, 9.17) is 14.0 Å². The number of aryl methyl sites for hydroxylation is 1. The third-order valence-corrected chi connectivity index (χ3v) is 6.30. The quantitative estimate of drug-likeness (QED) is 0.234. The molecule has 0 N–H and O–H groups in total. The first-order valence-corrected chi connectivity index (χ1v) is 11.8. The number of thiazole rings is 1. The molecule has 4 aromatic rings. The van der Waals surface area contributed by atoms with Gasteiger partial charge in [-0.05, 0) is 38.1 Å². The molecule has 0 aliphatic carbocycles. The molecule has 0 saturated carbocycles. The highest BCUT2D eigenvalue weighted by atomic mass is 32.2. The van der Waals surface area contributed by atoms with Crippen molar-refractivity contribution in [3.8, 4) is 17.1 Å². The van der Waals surface area contributed by atoms with E-state index in [1.165, 1.54) is 0 Å². The van der Waals surface area contributed by atoms with Gasteiger partial charge in [0.05, 0.1) is 28.4 Å². The summed E-state index contributed by atoms with van der Waals surface area (Å²) in [5, 5.41) is 7.05. The minimum absolute atomic E-state index is 0.118. The second-order valence-electron chi connectivity index (χ2n) is 6.66. The lowest BCUT2D eigenvalue weighted by Crippen LogP contribution is -2.07.